The Morgan fingerprint density at radius 2 is 1.94 bits per heavy atom. The van der Waals surface area contributed by atoms with Crippen molar-refractivity contribution in [1.82, 2.24) is 24.8 Å². The molecule has 0 atom stereocenters. The van der Waals surface area contributed by atoms with Gasteiger partial charge in [0.15, 0.2) is 10.8 Å². The van der Waals surface area contributed by atoms with E-state index in [0.717, 1.165) is 21.7 Å². The Balaban J connectivity index is 1.24. The number of benzene rings is 2. The normalized spacial score (nSPS) is 11.1. The van der Waals surface area contributed by atoms with E-state index in [4.69, 9.17) is 4.74 Å². The van der Waals surface area contributed by atoms with Gasteiger partial charge < -0.3 is 15.4 Å². The monoisotopic (exact) mass is 477 g/mol. The Morgan fingerprint density at radius 3 is 2.76 bits per heavy atom. The van der Waals surface area contributed by atoms with Crippen molar-refractivity contribution in [2.24, 2.45) is 0 Å². The van der Waals surface area contributed by atoms with Gasteiger partial charge in [0.1, 0.15) is 10.8 Å². The van der Waals surface area contributed by atoms with Crippen molar-refractivity contribution in [2.75, 3.05) is 23.0 Å². The van der Waals surface area contributed by atoms with Crippen LogP contribution in [-0.4, -0.2) is 43.1 Å². The molecular weight excluding hydrogens is 458 g/mol. The Bertz CT molecular complexity index is 1380. The van der Waals surface area contributed by atoms with E-state index in [9.17, 15) is 4.79 Å². The van der Waals surface area contributed by atoms with E-state index in [2.05, 4.69) is 30.9 Å². The van der Waals surface area contributed by atoms with Gasteiger partial charge in [-0.25, -0.2) is 4.98 Å². The highest BCUT2D eigenvalue weighted by Gasteiger charge is 2.11. The molecule has 33 heavy (non-hydrogen) atoms. The highest BCUT2D eigenvalue weighted by Crippen LogP contribution is 2.26. The summed E-state index contributed by atoms with van der Waals surface area (Å²) in [6.45, 7) is 2.56. The first-order valence-electron chi connectivity index (χ1n) is 10.2. The average Bonchev–Trinajstić information content (AvgIpc) is 3.42. The molecule has 166 valence electrons. The van der Waals surface area contributed by atoms with Crippen LogP contribution >= 0.6 is 23.1 Å². The van der Waals surface area contributed by atoms with Crippen molar-refractivity contribution in [3.63, 3.8) is 0 Å². The minimum atomic E-state index is -0.141. The van der Waals surface area contributed by atoms with Crippen molar-refractivity contribution >= 4 is 61.6 Å². The van der Waals surface area contributed by atoms with Crippen LogP contribution in [0.5, 0.6) is 5.75 Å². The summed E-state index contributed by atoms with van der Waals surface area (Å²) in [5.74, 6) is 1.35. The molecule has 0 fully saturated rings. The topological polar surface area (TPSA) is 106 Å². The van der Waals surface area contributed by atoms with E-state index < -0.39 is 0 Å². The first-order valence-corrected chi connectivity index (χ1v) is 12.0. The minimum Gasteiger partial charge on any atom is -0.494 e. The summed E-state index contributed by atoms with van der Waals surface area (Å²) in [5.41, 5.74) is 2.31. The number of nitrogens with one attached hydrogen (secondary N) is 2. The number of carbonyl (C=O) groups is 1. The van der Waals surface area contributed by atoms with E-state index in [-0.39, 0.29) is 11.7 Å². The molecule has 11 heteroatoms. The van der Waals surface area contributed by atoms with Gasteiger partial charge in [-0.05, 0) is 55.5 Å². The molecule has 0 aliphatic rings. The van der Waals surface area contributed by atoms with Crippen molar-refractivity contribution in [1.29, 1.82) is 0 Å². The number of nitrogens with zero attached hydrogens (tertiary/aromatic N) is 5. The lowest BCUT2D eigenvalue weighted by atomic mass is 10.3. The van der Waals surface area contributed by atoms with Crippen LogP contribution in [-0.2, 0) is 4.79 Å². The van der Waals surface area contributed by atoms with Gasteiger partial charge in [-0.2, -0.15) is 9.61 Å². The molecule has 5 aromatic rings. The Kier molecular flexibility index (Phi) is 6.05. The molecule has 0 saturated heterocycles. The number of aromatic nitrogens is 5. The zero-order valence-electron chi connectivity index (χ0n) is 17.6. The Hall–Kier alpha value is -3.70. The maximum Gasteiger partial charge on any atom is 0.250 e. The molecule has 0 radical (unpaired) electrons. The van der Waals surface area contributed by atoms with Crippen molar-refractivity contribution in [3.8, 4) is 5.75 Å². The molecule has 3 aromatic heterocycles. The number of hydrogen-bond acceptors (Lipinski definition) is 9. The molecule has 2 aromatic carbocycles. The van der Waals surface area contributed by atoms with Gasteiger partial charge in [-0.15, -0.1) is 10.2 Å². The molecule has 0 spiro atoms. The number of para-hydroxylation sites is 1. The third-order valence-corrected chi connectivity index (χ3v) is 6.42. The molecule has 0 saturated carbocycles. The fraction of sp³-hybridized carbons (Fsp3) is 0.136. The fourth-order valence-electron chi connectivity index (χ4n) is 3.08. The average molecular weight is 478 g/mol. The van der Waals surface area contributed by atoms with Gasteiger partial charge in [0.25, 0.3) is 0 Å². The smallest absolute Gasteiger partial charge is 0.250 e. The summed E-state index contributed by atoms with van der Waals surface area (Å²) in [7, 11) is 0. The fourth-order valence-corrected chi connectivity index (χ4v) is 4.61. The van der Waals surface area contributed by atoms with Crippen LogP contribution in [0.1, 0.15) is 6.92 Å². The molecule has 0 aliphatic heterocycles. The van der Waals surface area contributed by atoms with Crippen LogP contribution in [0.25, 0.3) is 15.9 Å². The second-order valence-electron chi connectivity index (χ2n) is 6.87. The van der Waals surface area contributed by atoms with Crippen LogP contribution in [0.2, 0.25) is 0 Å². The number of thioether (sulfide) groups is 1. The van der Waals surface area contributed by atoms with Crippen LogP contribution in [0, 0.1) is 0 Å². The second-order valence-corrected chi connectivity index (χ2v) is 8.90. The summed E-state index contributed by atoms with van der Waals surface area (Å²) in [6, 6.07) is 19.0. The van der Waals surface area contributed by atoms with Crippen LogP contribution in [0.4, 0.5) is 16.8 Å². The lowest BCUT2D eigenvalue weighted by molar-refractivity contribution is -0.113. The molecule has 0 aliphatic carbocycles. The first kappa shape index (κ1) is 21.2. The summed E-state index contributed by atoms with van der Waals surface area (Å²) in [4.78, 5) is 16.8. The highest BCUT2D eigenvalue weighted by molar-refractivity contribution is 7.99. The third kappa shape index (κ3) is 4.89. The number of thiazole rings is 1. The largest absolute Gasteiger partial charge is 0.494 e. The summed E-state index contributed by atoms with van der Waals surface area (Å²) < 4.78 is 8.12. The highest BCUT2D eigenvalue weighted by atomic mass is 32.2. The quantitative estimate of drug-likeness (QED) is 0.312. The van der Waals surface area contributed by atoms with Gasteiger partial charge in [-0.1, -0.05) is 35.2 Å². The molecule has 5 rings (SSSR count). The number of rotatable bonds is 8. The Morgan fingerprint density at radius 1 is 1.09 bits per heavy atom. The molecular formula is C22H19N7O2S2. The van der Waals surface area contributed by atoms with E-state index >= 15 is 0 Å². The second kappa shape index (κ2) is 9.43. The Labute approximate surface area is 197 Å². The van der Waals surface area contributed by atoms with Gasteiger partial charge >= 0.3 is 0 Å². The maximum absolute atomic E-state index is 12.4. The predicted octanol–water partition coefficient (Wildman–Crippen LogP) is 4.61. The van der Waals surface area contributed by atoms with Gasteiger partial charge in [0.2, 0.25) is 11.9 Å². The van der Waals surface area contributed by atoms with Crippen LogP contribution in [0.3, 0.4) is 0 Å². The van der Waals surface area contributed by atoms with E-state index in [0.29, 0.717) is 28.4 Å². The number of ether oxygens (including phenoxy) is 1. The van der Waals surface area contributed by atoms with Crippen LogP contribution in [0.15, 0.2) is 65.7 Å². The maximum atomic E-state index is 12.4. The van der Waals surface area contributed by atoms with E-state index in [1.165, 1.54) is 23.1 Å². The first-order chi connectivity index (χ1) is 16.2. The van der Waals surface area contributed by atoms with Gasteiger partial charge in [0, 0.05) is 5.69 Å². The van der Waals surface area contributed by atoms with Crippen molar-refractivity contribution in [3.05, 3.63) is 60.7 Å². The molecule has 3 heterocycles. The van der Waals surface area contributed by atoms with Crippen LogP contribution < -0.4 is 15.4 Å². The molecule has 0 bridgehead atoms. The number of fused-ring (bicyclic) bond motifs is 2. The molecule has 2 N–H and O–H groups in total. The molecule has 1 amide bonds. The zero-order valence-corrected chi connectivity index (χ0v) is 19.2. The minimum absolute atomic E-state index is 0.141. The lowest BCUT2D eigenvalue weighted by Crippen LogP contribution is -2.14. The van der Waals surface area contributed by atoms with Gasteiger partial charge in [-0.3, -0.25) is 4.79 Å². The molecule has 0 unspecified atom stereocenters. The zero-order chi connectivity index (χ0) is 22.6. The third-order valence-electron chi connectivity index (χ3n) is 4.55. The number of anilines is 3. The summed E-state index contributed by atoms with van der Waals surface area (Å²) >= 11 is 2.78. The summed E-state index contributed by atoms with van der Waals surface area (Å²) in [5, 5.41) is 20.2. The standard InChI is InChI=1S/C22H19N7O2S2/c1-2-31-15-9-7-14(8-10-15)23-21-27-26-18-11-12-20(28-29(18)21)32-13-19(30)25-22-24-16-5-3-4-6-17(16)33-22/h3-12H,2,13H2,1H3,(H,23,27)(H,24,25,30). The number of hydrogen-bond donors (Lipinski definition) is 2. The lowest BCUT2D eigenvalue weighted by Gasteiger charge is -2.07. The summed E-state index contributed by atoms with van der Waals surface area (Å²) in [6.07, 6.45) is 0. The number of amides is 1. The predicted molar refractivity (Wildman–Crippen MR) is 131 cm³/mol. The van der Waals surface area contributed by atoms with Gasteiger partial charge in [0.05, 0.1) is 22.6 Å². The van der Waals surface area contributed by atoms with Crippen molar-refractivity contribution in [2.45, 2.75) is 11.9 Å². The van der Waals surface area contributed by atoms with E-state index in [1.54, 1.807) is 4.52 Å². The molecule has 9 nitrogen and oxygen atoms in total. The SMILES string of the molecule is CCOc1ccc(Nc2nnc3ccc(SCC(=O)Nc4nc5ccccc5s4)nn23)cc1. The van der Waals surface area contributed by atoms with E-state index in [1.807, 2.05) is 67.6 Å². The number of carbonyl (C=O) groups excluding carboxylic acids is 1. The van der Waals surface area contributed by atoms with Crippen molar-refractivity contribution < 1.29 is 9.53 Å².